The highest BCUT2D eigenvalue weighted by Gasteiger charge is 2.75. The number of halogens is 18. The molecule has 6 N–H and O–H groups in total. The fraction of sp³-hybridized carbons (Fsp3) is 0.404. The number of hydrogen-bond acceptors (Lipinski definition) is 6. The van der Waals surface area contributed by atoms with Gasteiger partial charge in [-0.05, 0) is 109 Å². The molecule has 0 spiro atoms. The maximum atomic E-state index is 15.2. The molecule has 0 heterocycles. The van der Waals surface area contributed by atoms with E-state index in [4.69, 9.17) is 0 Å². The summed E-state index contributed by atoms with van der Waals surface area (Å²) in [6.07, 6.45) is -41.2. The van der Waals surface area contributed by atoms with Gasteiger partial charge < -0.3 is 31.1 Å². The van der Waals surface area contributed by atoms with Gasteiger partial charge in [-0.15, -0.1) is 0 Å². The van der Waals surface area contributed by atoms with Gasteiger partial charge in [0, 0.05) is 17.2 Å². The van der Waals surface area contributed by atoms with Crippen LogP contribution in [0.25, 0.3) is 0 Å². The fourth-order valence-corrected chi connectivity index (χ4v) is 8.64. The first-order valence-corrected chi connectivity index (χ1v) is 21.0. The summed E-state index contributed by atoms with van der Waals surface area (Å²) < 4.78 is 265. The molecule has 0 unspecified atom stereocenters. The summed E-state index contributed by atoms with van der Waals surface area (Å²) in [5.41, 5.74) is -38.5. The highest BCUT2D eigenvalue weighted by Crippen LogP contribution is 2.58. The normalized spacial score (nSPS) is 13.8. The van der Waals surface area contributed by atoms with Crippen LogP contribution in [-0.4, -0.2) is 87.3 Å². The third kappa shape index (κ3) is 10.8. The summed E-state index contributed by atoms with van der Waals surface area (Å²) in [7, 11) is 0. The molecule has 412 valence electrons. The number of carboxylic acid groups (broad SMARTS) is 2. The number of anilines is 1. The maximum absolute atomic E-state index is 15.2. The van der Waals surface area contributed by atoms with Crippen molar-refractivity contribution in [3.8, 4) is 0 Å². The molecule has 0 saturated carbocycles. The summed E-state index contributed by atoms with van der Waals surface area (Å²) >= 11 is 0. The number of aryl methyl sites for hydroxylation is 2. The highest BCUT2D eigenvalue weighted by molar-refractivity contribution is 6.11. The molecule has 0 aliphatic carbocycles. The first kappa shape index (κ1) is 61.0. The number of carbonyl (C=O) groups excluding carboxylic acids is 2. The Hall–Kier alpha value is -6.58. The Balaban J connectivity index is 2.06. The van der Waals surface area contributed by atoms with E-state index >= 15 is 26.3 Å². The predicted octanol–water partition coefficient (Wildman–Crippen LogP) is 12.0. The summed E-state index contributed by atoms with van der Waals surface area (Å²) in [5.74, 6) is -8.28. The second-order valence-electron chi connectivity index (χ2n) is 18.5. The van der Waals surface area contributed by atoms with Gasteiger partial charge >= 0.3 is 49.0 Å². The van der Waals surface area contributed by atoms with Crippen molar-refractivity contribution in [1.82, 2.24) is 5.32 Å². The molecule has 0 saturated heterocycles. The second kappa shape index (κ2) is 19.5. The monoisotopic (exact) mass is 1100 g/mol. The molecule has 0 bridgehead atoms. The first-order chi connectivity index (χ1) is 33.5. The van der Waals surface area contributed by atoms with Crippen molar-refractivity contribution in [2.75, 3.05) is 5.32 Å². The molecule has 10 nitrogen and oxygen atoms in total. The van der Waals surface area contributed by atoms with Gasteiger partial charge in [0.25, 0.3) is 23.0 Å². The second-order valence-corrected chi connectivity index (χ2v) is 18.5. The van der Waals surface area contributed by atoms with Gasteiger partial charge in [-0.1, -0.05) is 51.1 Å². The number of carboxylic acids is 2. The van der Waals surface area contributed by atoms with Crippen molar-refractivity contribution >= 4 is 29.4 Å². The zero-order valence-corrected chi connectivity index (χ0v) is 39.3. The van der Waals surface area contributed by atoms with Crippen molar-refractivity contribution in [2.45, 2.75) is 120 Å². The summed E-state index contributed by atoms with van der Waals surface area (Å²) in [6, 6.07) is 0.0801. The molecule has 0 fully saturated rings. The molecule has 4 aromatic carbocycles. The Morgan fingerprint density at radius 3 is 1.20 bits per heavy atom. The quantitative estimate of drug-likeness (QED) is 0.0761. The first-order valence-electron chi connectivity index (χ1n) is 21.0. The lowest BCUT2D eigenvalue weighted by Gasteiger charge is -2.38. The van der Waals surface area contributed by atoms with Crippen LogP contribution in [0.3, 0.4) is 0 Å². The lowest BCUT2D eigenvalue weighted by Crippen LogP contribution is -2.55. The van der Waals surface area contributed by atoms with Crippen LogP contribution in [0.4, 0.5) is 84.7 Å². The third-order valence-corrected chi connectivity index (χ3v) is 11.7. The Bertz CT molecular complexity index is 2860. The smallest absolute Gasteiger partial charge is 0.430 e. The zero-order chi connectivity index (χ0) is 58.2. The number of benzene rings is 4. The van der Waals surface area contributed by atoms with E-state index in [0.717, 1.165) is 33.8 Å². The van der Waals surface area contributed by atoms with Crippen LogP contribution >= 0.6 is 0 Å². The van der Waals surface area contributed by atoms with E-state index in [0.29, 0.717) is 13.0 Å². The Morgan fingerprint density at radius 2 is 0.853 bits per heavy atom. The number of aliphatic hydroxyl groups is 2. The minimum absolute atomic E-state index is 0.0337. The van der Waals surface area contributed by atoms with Gasteiger partial charge in [0.1, 0.15) is 0 Å². The van der Waals surface area contributed by atoms with E-state index < -0.39 is 179 Å². The molecule has 0 aliphatic rings. The van der Waals surface area contributed by atoms with Gasteiger partial charge in [-0.25, -0.2) is 9.59 Å². The minimum atomic E-state index is -6.87. The Labute approximate surface area is 411 Å². The minimum Gasteiger partial charge on any atom is -0.478 e. The number of hydrogen-bond donors (Lipinski definition) is 6. The number of nitrogens with one attached hydrogen (secondary N) is 2. The molecular weight excluding hydrogens is 1060 g/mol. The Kier molecular flexibility index (Phi) is 15.9. The Morgan fingerprint density at radius 1 is 0.493 bits per heavy atom. The molecule has 28 heteroatoms. The molecule has 0 aliphatic heterocycles. The number of aromatic carboxylic acids is 2. The SMILES string of the molecule is Cc1cc(Cc2cc(C)c(C(C)(C)C)c(C(O)(C(F)(F)F)C(F)(F)F)c2)cc(C(O)(C(F)(F)F)C(F)(F)F)c1NC(=O)c1ccc(C(c2ccc(C(=O)NC(C)C)c(C(=O)O)c2)(C(F)(F)F)C(F)(F)F)cc1C(=O)O. The van der Waals surface area contributed by atoms with Gasteiger partial charge in [-0.3, -0.25) is 9.59 Å². The van der Waals surface area contributed by atoms with E-state index in [9.17, 15) is 92.3 Å². The summed E-state index contributed by atoms with van der Waals surface area (Å²) in [6.45, 7) is 7.71. The molecule has 2 amide bonds. The lowest BCUT2D eigenvalue weighted by molar-refractivity contribution is -0.376. The molecule has 4 aromatic rings. The number of alkyl halides is 18. The molecule has 0 atom stereocenters. The lowest BCUT2D eigenvalue weighted by atomic mass is 9.71. The van der Waals surface area contributed by atoms with Crippen molar-refractivity contribution in [3.05, 3.63) is 133 Å². The molecular formula is C47H40F18N2O8. The zero-order valence-electron chi connectivity index (χ0n) is 39.3. The van der Waals surface area contributed by atoms with Crippen LogP contribution in [0.2, 0.25) is 0 Å². The molecule has 75 heavy (non-hydrogen) atoms. The average Bonchev–Trinajstić information content (AvgIpc) is 3.20. The topological polar surface area (TPSA) is 173 Å². The van der Waals surface area contributed by atoms with E-state index in [-0.39, 0.29) is 42.5 Å². The van der Waals surface area contributed by atoms with Crippen LogP contribution in [-0.2, 0) is 28.5 Å². The van der Waals surface area contributed by atoms with Crippen LogP contribution in [0.15, 0.2) is 60.7 Å². The van der Waals surface area contributed by atoms with Gasteiger partial charge in [0.2, 0.25) is 5.41 Å². The number of carbonyl (C=O) groups is 4. The highest BCUT2D eigenvalue weighted by atomic mass is 19.4. The average molecular weight is 1100 g/mol. The van der Waals surface area contributed by atoms with Crippen LogP contribution < -0.4 is 10.6 Å². The van der Waals surface area contributed by atoms with Crippen LogP contribution in [0.1, 0.15) is 126 Å². The maximum Gasteiger partial charge on any atom is 0.430 e. The number of amides is 2. The van der Waals surface area contributed by atoms with Gasteiger partial charge in [0.05, 0.1) is 27.9 Å². The van der Waals surface area contributed by atoms with Crippen LogP contribution in [0.5, 0.6) is 0 Å². The molecule has 0 radical (unpaired) electrons. The van der Waals surface area contributed by atoms with Gasteiger partial charge in [0.15, 0.2) is 0 Å². The van der Waals surface area contributed by atoms with Crippen molar-refractivity contribution in [2.24, 2.45) is 0 Å². The van der Waals surface area contributed by atoms with Gasteiger partial charge in [-0.2, -0.15) is 79.0 Å². The largest absolute Gasteiger partial charge is 0.478 e. The molecule has 0 aromatic heterocycles. The van der Waals surface area contributed by atoms with Crippen molar-refractivity contribution < 1.29 is 119 Å². The summed E-state index contributed by atoms with van der Waals surface area (Å²) in [5, 5.41) is 44.6. The molecule has 4 rings (SSSR count). The van der Waals surface area contributed by atoms with Crippen molar-refractivity contribution in [1.29, 1.82) is 0 Å². The van der Waals surface area contributed by atoms with E-state index in [1.807, 2.05) is 0 Å². The van der Waals surface area contributed by atoms with E-state index in [1.54, 1.807) is 0 Å². The van der Waals surface area contributed by atoms with E-state index in [2.05, 4.69) is 5.32 Å². The fourth-order valence-electron chi connectivity index (χ4n) is 8.64. The van der Waals surface area contributed by atoms with Crippen LogP contribution in [0, 0.1) is 13.8 Å². The van der Waals surface area contributed by atoms with Crippen molar-refractivity contribution in [3.63, 3.8) is 0 Å². The number of rotatable bonds is 12. The third-order valence-electron chi connectivity index (χ3n) is 11.7. The predicted molar refractivity (Wildman–Crippen MR) is 226 cm³/mol. The van der Waals surface area contributed by atoms with E-state index in [1.165, 1.54) is 19.2 Å². The standard InChI is InChI=1S/C47H40F18N2O8/c1-19(2)66-34(68)26-10-8-24(17-28(26)36(70)71)39(42(48,49)50,43(51,52)53)25-9-11-27(29(18-25)37(72)73)35(69)67-33-21(4)13-23(16-31(33)41(75,46(60,61)62)47(63,64)65)14-22-12-20(3)32(38(5,6)7)30(15-22)40(74,44(54,55)56)45(57,58)59/h8-13,15-19,74-75H,14H2,1-7H3,(H,66,68)(H,67,69)(H,70,71)(H,72,73). The summed E-state index contributed by atoms with van der Waals surface area (Å²) in [4.78, 5) is 51.2.